The van der Waals surface area contributed by atoms with Crippen LogP contribution in [0.5, 0.6) is 0 Å². The standard InChI is InChI=1S/C9H14N4O3/c1-2-16-8(14)4-3-5-10-9(15)7-6-11-13-12-7/h6H,2-5H2,1H3,(H,10,15)(H,11,12,13). The summed E-state index contributed by atoms with van der Waals surface area (Å²) in [6.45, 7) is 2.54. The highest BCUT2D eigenvalue weighted by Crippen LogP contribution is 1.93. The van der Waals surface area contributed by atoms with E-state index in [4.69, 9.17) is 4.74 Å². The molecule has 0 radical (unpaired) electrons. The van der Waals surface area contributed by atoms with Crippen molar-refractivity contribution in [1.29, 1.82) is 0 Å². The Morgan fingerprint density at radius 2 is 2.38 bits per heavy atom. The number of nitrogens with one attached hydrogen (secondary N) is 2. The van der Waals surface area contributed by atoms with E-state index in [-0.39, 0.29) is 17.6 Å². The first-order chi connectivity index (χ1) is 7.74. The summed E-state index contributed by atoms with van der Waals surface area (Å²) in [5.41, 5.74) is 0.233. The Kier molecular flexibility index (Phi) is 4.97. The Bertz CT molecular complexity index is 337. The van der Waals surface area contributed by atoms with Crippen molar-refractivity contribution in [2.45, 2.75) is 19.8 Å². The molecule has 7 nitrogen and oxygen atoms in total. The van der Waals surface area contributed by atoms with Crippen LogP contribution in [0.3, 0.4) is 0 Å². The second-order valence-electron chi connectivity index (χ2n) is 3.02. The van der Waals surface area contributed by atoms with Gasteiger partial charge in [-0.1, -0.05) is 0 Å². The zero-order valence-electron chi connectivity index (χ0n) is 9.02. The molecule has 0 atom stereocenters. The molecule has 2 N–H and O–H groups in total. The molecule has 16 heavy (non-hydrogen) atoms. The van der Waals surface area contributed by atoms with Crippen LogP contribution in [-0.4, -0.2) is 40.4 Å². The lowest BCUT2D eigenvalue weighted by Gasteiger charge is -2.02. The number of hydrogen-bond acceptors (Lipinski definition) is 5. The fourth-order valence-corrected chi connectivity index (χ4v) is 1.07. The normalized spacial score (nSPS) is 9.81. The van der Waals surface area contributed by atoms with Crippen LogP contribution >= 0.6 is 0 Å². The number of carbonyl (C=O) groups is 2. The molecule has 88 valence electrons. The zero-order chi connectivity index (χ0) is 11.8. The molecule has 1 heterocycles. The smallest absolute Gasteiger partial charge is 0.305 e. The van der Waals surface area contributed by atoms with Crippen molar-refractivity contribution >= 4 is 11.9 Å². The van der Waals surface area contributed by atoms with E-state index in [0.717, 1.165) is 0 Å². The van der Waals surface area contributed by atoms with Gasteiger partial charge in [-0.25, -0.2) is 0 Å². The monoisotopic (exact) mass is 226 g/mol. The molecule has 1 aromatic heterocycles. The average Bonchev–Trinajstić information content (AvgIpc) is 2.78. The number of nitrogens with zero attached hydrogens (tertiary/aromatic N) is 2. The molecule has 1 aromatic rings. The van der Waals surface area contributed by atoms with Gasteiger partial charge in [-0.2, -0.15) is 15.4 Å². The van der Waals surface area contributed by atoms with Crippen molar-refractivity contribution in [2.75, 3.05) is 13.2 Å². The van der Waals surface area contributed by atoms with Gasteiger partial charge in [0, 0.05) is 13.0 Å². The highest BCUT2D eigenvalue weighted by Gasteiger charge is 2.07. The minimum Gasteiger partial charge on any atom is -0.466 e. The van der Waals surface area contributed by atoms with E-state index in [1.165, 1.54) is 6.20 Å². The number of ether oxygens (including phenoxy) is 1. The van der Waals surface area contributed by atoms with E-state index in [1.54, 1.807) is 6.92 Å². The number of amides is 1. The molecule has 0 spiro atoms. The van der Waals surface area contributed by atoms with Crippen LogP contribution in [0, 0.1) is 0 Å². The second kappa shape index (κ2) is 6.54. The molecular formula is C9H14N4O3. The molecule has 0 aliphatic rings. The molecule has 0 aliphatic carbocycles. The predicted octanol–water partition coefficient (Wildman–Crippen LogP) is -0.122. The average molecular weight is 226 g/mol. The van der Waals surface area contributed by atoms with Gasteiger partial charge in [0.2, 0.25) is 0 Å². The molecule has 0 bridgehead atoms. The summed E-state index contributed by atoms with van der Waals surface area (Å²) in [6, 6.07) is 0. The minimum atomic E-state index is -0.308. The molecule has 0 saturated carbocycles. The maximum absolute atomic E-state index is 11.3. The van der Waals surface area contributed by atoms with E-state index in [9.17, 15) is 9.59 Å². The number of aromatic amines is 1. The fourth-order valence-electron chi connectivity index (χ4n) is 1.07. The first-order valence-corrected chi connectivity index (χ1v) is 5.03. The molecule has 0 unspecified atom stereocenters. The van der Waals surface area contributed by atoms with Gasteiger partial charge in [0.25, 0.3) is 5.91 Å². The van der Waals surface area contributed by atoms with Gasteiger partial charge in [0.1, 0.15) is 0 Å². The topological polar surface area (TPSA) is 97.0 Å². The molecule has 0 aliphatic heterocycles. The molecule has 0 fully saturated rings. The van der Waals surface area contributed by atoms with Gasteiger partial charge >= 0.3 is 5.97 Å². The maximum atomic E-state index is 11.3. The van der Waals surface area contributed by atoms with E-state index in [0.29, 0.717) is 26.0 Å². The summed E-state index contributed by atoms with van der Waals surface area (Å²) < 4.78 is 4.74. The first kappa shape index (κ1) is 12.2. The number of hydrogen-bond donors (Lipinski definition) is 2. The summed E-state index contributed by atoms with van der Waals surface area (Å²) in [5.74, 6) is -0.559. The Morgan fingerprint density at radius 3 is 3.00 bits per heavy atom. The largest absolute Gasteiger partial charge is 0.466 e. The quantitative estimate of drug-likeness (QED) is 0.520. The molecule has 0 saturated heterocycles. The Hall–Kier alpha value is -1.92. The lowest BCUT2D eigenvalue weighted by Crippen LogP contribution is -2.25. The Labute approximate surface area is 92.6 Å². The second-order valence-corrected chi connectivity index (χ2v) is 3.02. The van der Waals surface area contributed by atoms with Crippen molar-refractivity contribution in [2.24, 2.45) is 0 Å². The first-order valence-electron chi connectivity index (χ1n) is 5.03. The lowest BCUT2D eigenvalue weighted by molar-refractivity contribution is -0.143. The molecule has 7 heteroatoms. The molecule has 1 amide bonds. The fraction of sp³-hybridized carbons (Fsp3) is 0.556. The number of esters is 1. The van der Waals surface area contributed by atoms with Gasteiger partial charge in [-0.15, -0.1) is 0 Å². The van der Waals surface area contributed by atoms with Crippen molar-refractivity contribution < 1.29 is 14.3 Å². The summed E-state index contributed by atoms with van der Waals surface area (Å²) >= 11 is 0. The van der Waals surface area contributed by atoms with Crippen molar-refractivity contribution in [1.82, 2.24) is 20.7 Å². The van der Waals surface area contributed by atoms with Gasteiger partial charge < -0.3 is 10.1 Å². The van der Waals surface area contributed by atoms with Gasteiger partial charge in [-0.05, 0) is 13.3 Å². The van der Waals surface area contributed by atoms with Crippen molar-refractivity contribution in [3.63, 3.8) is 0 Å². The Balaban J connectivity index is 2.12. The third-order valence-corrected chi connectivity index (χ3v) is 1.80. The summed E-state index contributed by atoms with van der Waals surface area (Å²) in [6.07, 6.45) is 2.18. The van der Waals surface area contributed by atoms with Gasteiger partial charge in [0.05, 0.1) is 12.8 Å². The van der Waals surface area contributed by atoms with E-state index < -0.39 is 0 Å². The minimum absolute atomic E-state index is 0.233. The number of rotatable bonds is 6. The number of aromatic nitrogens is 3. The van der Waals surface area contributed by atoms with Crippen molar-refractivity contribution in [3.05, 3.63) is 11.9 Å². The number of H-pyrrole nitrogens is 1. The van der Waals surface area contributed by atoms with Crippen LogP contribution in [-0.2, 0) is 9.53 Å². The van der Waals surface area contributed by atoms with Gasteiger partial charge in [-0.3, -0.25) is 9.59 Å². The molecular weight excluding hydrogens is 212 g/mol. The summed E-state index contributed by atoms with van der Waals surface area (Å²) in [5, 5.41) is 12.1. The highest BCUT2D eigenvalue weighted by atomic mass is 16.5. The molecule has 0 aromatic carbocycles. The lowest BCUT2D eigenvalue weighted by atomic mass is 10.3. The van der Waals surface area contributed by atoms with Crippen LogP contribution in [0.2, 0.25) is 0 Å². The maximum Gasteiger partial charge on any atom is 0.305 e. The number of carbonyl (C=O) groups excluding carboxylic acids is 2. The zero-order valence-corrected chi connectivity index (χ0v) is 9.02. The van der Waals surface area contributed by atoms with E-state index in [2.05, 4.69) is 20.7 Å². The SMILES string of the molecule is CCOC(=O)CCCNC(=O)c1cn[nH]n1. The van der Waals surface area contributed by atoms with Crippen LogP contribution in [0.4, 0.5) is 0 Å². The van der Waals surface area contributed by atoms with Crippen LogP contribution in [0.15, 0.2) is 6.20 Å². The van der Waals surface area contributed by atoms with Crippen LogP contribution in [0.25, 0.3) is 0 Å². The van der Waals surface area contributed by atoms with Crippen LogP contribution in [0.1, 0.15) is 30.3 Å². The molecule has 1 rings (SSSR count). The summed E-state index contributed by atoms with van der Waals surface area (Å²) in [7, 11) is 0. The highest BCUT2D eigenvalue weighted by molar-refractivity contribution is 5.91. The van der Waals surface area contributed by atoms with E-state index >= 15 is 0 Å². The summed E-state index contributed by atoms with van der Waals surface area (Å²) in [4.78, 5) is 22.3. The third-order valence-electron chi connectivity index (χ3n) is 1.80. The van der Waals surface area contributed by atoms with Gasteiger partial charge in [0.15, 0.2) is 5.69 Å². The van der Waals surface area contributed by atoms with E-state index in [1.807, 2.05) is 0 Å². The third kappa shape index (κ3) is 4.07. The Morgan fingerprint density at radius 1 is 1.56 bits per heavy atom. The van der Waals surface area contributed by atoms with Crippen LogP contribution < -0.4 is 5.32 Å². The predicted molar refractivity (Wildman–Crippen MR) is 54.6 cm³/mol. The van der Waals surface area contributed by atoms with Crippen molar-refractivity contribution in [3.8, 4) is 0 Å².